The monoisotopic (exact) mass is 535 g/mol. The highest BCUT2D eigenvalue weighted by molar-refractivity contribution is 9.10. The van der Waals surface area contributed by atoms with Gasteiger partial charge in [-0.1, -0.05) is 33.7 Å². The van der Waals surface area contributed by atoms with Crippen molar-refractivity contribution in [3.05, 3.63) is 74.3 Å². The van der Waals surface area contributed by atoms with Crippen molar-refractivity contribution in [2.45, 2.75) is 39.7 Å². The number of pyridine rings is 1. The average Bonchev–Trinajstić information content (AvgIpc) is 2.75. The second kappa shape index (κ2) is 10.0. The SMILES string of the molecule is C/C(=C\c1c(Br)ccnc1C)C(C)N1CC=C(c2c(C)cc(C(=O)N(C)C)cc2F)C(F)(F)C1. The molecule has 0 saturated carbocycles. The van der Waals surface area contributed by atoms with Crippen LogP contribution in [0, 0.1) is 19.7 Å². The molecule has 1 aromatic heterocycles. The fourth-order valence-corrected chi connectivity index (χ4v) is 4.69. The van der Waals surface area contributed by atoms with Crippen LogP contribution in [0.15, 0.2) is 40.5 Å². The summed E-state index contributed by atoms with van der Waals surface area (Å²) in [6, 6.07) is 4.08. The predicted octanol–water partition coefficient (Wildman–Crippen LogP) is 6.13. The molecule has 1 aliphatic rings. The standard InChI is InChI=1S/C26H29BrF3N3O/c1-15(12-20-17(3)31-9-7-22(20)27)18(4)33-10-8-21(26(29,30)14-33)24-16(2)11-19(13-23(24)28)25(34)32(5)6/h7-9,11-13,18H,10,14H2,1-6H3/b15-12+. The molecular weight excluding hydrogens is 507 g/mol. The smallest absolute Gasteiger partial charge is 0.286 e. The van der Waals surface area contributed by atoms with Crippen molar-refractivity contribution in [3.8, 4) is 0 Å². The molecule has 1 aliphatic heterocycles. The number of rotatable bonds is 5. The fraction of sp³-hybridized carbons (Fsp3) is 0.385. The summed E-state index contributed by atoms with van der Waals surface area (Å²) in [5.41, 5.74) is 2.66. The molecule has 1 aromatic carbocycles. The Balaban J connectivity index is 1.91. The quantitative estimate of drug-likeness (QED) is 0.462. The Morgan fingerprint density at radius 1 is 1.29 bits per heavy atom. The van der Waals surface area contributed by atoms with Crippen LogP contribution >= 0.6 is 15.9 Å². The first-order valence-electron chi connectivity index (χ1n) is 11.0. The van der Waals surface area contributed by atoms with Crippen LogP contribution in [0.3, 0.4) is 0 Å². The molecule has 8 heteroatoms. The Labute approximate surface area is 207 Å². The Bertz CT molecular complexity index is 1130. The van der Waals surface area contributed by atoms with E-state index in [4.69, 9.17) is 0 Å². The first-order valence-corrected chi connectivity index (χ1v) is 11.8. The van der Waals surface area contributed by atoms with Crippen molar-refractivity contribution < 1.29 is 18.0 Å². The van der Waals surface area contributed by atoms with Crippen molar-refractivity contribution in [3.63, 3.8) is 0 Å². The van der Waals surface area contributed by atoms with Gasteiger partial charge in [0.15, 0.2) is 0 Å². The molecule has 1 unspecified atom stereocenters. The van der Waals surface area contributed by atoms with Gasteiger partial charge in [-0.15, -0.1) is 0 Å². The Kier molecular flexibility index (Phi) is 7.72. The van der Waals surface area contributed by atoms with E-state index in [1.54, 1.807) is 32.1 Å². The zero-order valence-electron chi connectivity index (χ0n) is 20.2. The highest BCUT2D eigenvalue weighted by atomic mass is 79.9. The topological polar surface area (TPSA) is 36.4 Å². The number of carbonyl (C=O) groups is 1. The molecule has 0 N–H and O–H groups in total. The largest absolute Gasteiger partial charge is 0.345 e. The third-order valence-electron chi connectivity index (χ3n) is 6.25. The first kappa shape index (κ1) is 26.2. The summed E-state index contributed by atoms with van der Waals surface area (Å²) in [5, 5.41) is 0. The summed E-state index contributed by atoms with van der Waals surface area (Å²) in [6.45, 7) is 6.96. The summed E-state index contributed by atoms with van der Waals surface area (Å²) in [5.74, 6) is -4.45. The number of nitrogens with zero attached hydrogens (tertiary/aromatic N) is 3. The van der Waals surface area contributed by atoms with E-state index in [-0.39, 0.29) is 35.2 Å². The number of carbonyl (C=O) groups excluding carboxylic acids is 1. The average molecular weight is 536 g/mol. The molecule has 0 radical (unpaired) electrons. The number of benzene rings is 1. The number of halogens is 4. The zero-order valence-corrected chi connectivity index (χ0v) is 21.8. The van der Waals surface area contributed by atoms with E-state index in [0.29, 0.717) is 5.56 Å². The summed E-state index contributed by atoms with van der Waals surface area (Å²) in [7, 11) is 3.11. The van der Waals surface area contributed by atoms with E-state index >= 15 is 8.78 Å². The molecule has 0 fully saturated rings. The first-order chi connectivity index (χ1) is 15.8. The van der Waals surface area contributed by atoms with Gasteiger partial charge < -0.3 is 4.90 Å². The number of hydrogen-bond acceptors (Lipinski definition) is 3. The molecule has 4 nitrogen and oxygen atoms in total. The zero-order chi connectivity index (χ0) is 25.4. The van der Waals surface area contributed by atoms with E-state index in [9.17, 15) is 9.18 Å². The van der Waals surface area contributed by atoms with E-state index in [2.05, 4.69) is 20.9 Å². The van der Waals surface area contributed by atoms with Crippen molar-refractivity contribution in [2.24, 2.45) is 0 Å². The van der Waals surface area contributed by atoms with Gasteiger partial charge in [0.1, 0.15) is 5.82 Å². The number of amides is 1. The molecule has 0 aliphatic carbocycles. The van der Waals surface area contributed by atoms with Gasteiger partial charge in [-0.05, 0) is 51.5 Å². The van der Waals surface area contributed by atoms with Crippen LogP contribution in [0.25, 0.3) is 11.6 Å². The maximum Gasteiger partial charge on any atom is 0.286 e. The molecule has 2 aromatic rings. The van der Waals surface area contributed by atoms with Gasteiger partial charge in [0.25, 0.3) is 11.8 Å². The predicted molar refractivity (Wildman–Crippen MR) is 133 cm³/mol. The second-order valence-electron chi connectivity index (χ2n) is 8.96. The Hall–Kier alpha value is -2.45. The van der Waals surface area contributed by atoms with Gasteiger partial charge >= 0.3 is 0 Å². The highest BCUT2D eigenvalue weighted by Crippen LogP contribution is 2.40. The molecule has 34 heavy (non-hydrogen) atoms. The molecule has 0 saturated heterocycles. The number of aryl methyl sites for hydroxylation is 2. The Morgan fingerprint density at radius 3 is 2.53 bits per heavy atom. The lowest BCUT2D eigenvalue weighted by Gasteiger charge is -2.37. The lowest BCUT2D eigenvalue weighted by atomic mass is 9.90. The van der Waals surface area contributed by atoms with Crippen molar-refractivity contribution in [2.75, 3.05) is 27.2 Å². The maximum absolute atomic E-state index is 15.3. The minimum atomic E-state index is -3.25. The number of hydrogen-bond donors (Lipinski definition) is 0. The minimum Gasteiger partial charge on any atom is -0.345 e. The van der Waals surface area contributed by atoms with E-state index in [1.807, 2.05) is 32.9 Å². The van der Waals surface area contributed by atoms with Crippen LogP contribution in [0.4, 0.5) is 13.2 Å². The third kappa shape index (κ3) is 5.28. The molecule has 0 spiro atoms. The number of aromatic nitrogens is 1. The molecule has 0 bridgehead atoms. The molecular formula is C26H29BrF3N3O. The normalized spacial score (nSPS) is 17.4. The fourth-order valence-electron chi connectivity index (χ4n) is 4.17. The van der Waals surface area contributed by atoms with Gasteiger partial charge in [-0.3, -0.25) is 14.7 Å². The van der Waals surface area contributed by atoms with Crippen molar-refractivity contribution in [1.29, 1.82) is 0 Å². The second-order valence-corrected chi connectivity index (χ2v) is 9.81. The van der Waals surface area contributed by atoms with E-state index < -0.39 is 18.3 Å². The van der Waals surface area contributed by atoms with Crippen LogP contribution < -0.4 is 0 Å². The lowest BCUT2D eigenvalue weighted by molar-refractivity contribution is 0.0117. The van der Waals surface area contributed by atoms with Crippen LogP contribution in [0.2, 0.25) is 0 Å². The maximum atomic E-state index is 15.3. The van der Waals surface area contributed by atoms with Crippen LogP contribution in [0.1, 0.15) is 46.6 Å². The summed E-state index contributed by atoms with van der Waals surface area (Å²) in [6.07, 6.45) is 5.06. The number of alkyl halides is 2. The molecule has 1 atom stereocenters. The summed E-state index contributed by atoms with van der Waals surface area (Å²) < 4.78 is 46.6. The van der Waals surface area contributed by atoms with Crippen LogP contribution in [-0.2, 0) is 0 Å². The molecule has 3 rings (SSSR count). The lowest BCUT2D eigenvalue weighted by Crippen LogP contribution is -2.46. The van der Waals surface area contributed by atoms with Gasteiger partial charge in [-0.25, -0.2) is 4.39 Å². The van der Waals surface area contributed by atoms with Gasteiger partial charge in [-0.2, -0.15) is 8.78 Å². The molecule has 2 heterocycles. The van der Waals surface area contributed by atoms with Crippen molar-refractivity contribution >= 4 is 33.5 Å². The third-order valence-corrected chi connectivity index (χ3v) is 6.94. The Morgan fingerprint density at radius 2 is 1.97 bits per heavy atom. The summed E-state index contributed by atoms with van der Waals surface area (Å²) >= 11 is 3.52. The van der Waals surface area contributed by atoms with Gasteiger partial charge in [0.2, 0.25) is 0 Å². The molecule has 1 amide bonds. The van der Waals surface area contributed by atoms with Crippen LogP contribution in [0.5, 0.6) is 0 Å². The van der Waals surface area contributed by atoms with E-state index in [1.165, 1.54) is 17.0 Å². The van der Waals surface area contributed by atoms with E-state index in [0.717, 1.165) is 27.4 Å². The molecule has 182 valence electrons. The van der Waals surface area contributed by atoms with Crippen LogP contribution in [-0.4, -0.2) is 59.8 Å². The summed E-state index contributed by atoms with van der Waals surface area (Å²) in [4.78, 5) is 19.5. The van der Waals surface area contributed by atoms with Gasteiger partial charge in [0.05, 0.1) is 6.54 Å². The minimum absolute atomic E-state index is 0.130. The highest BCUT2D eigenvalue weighted by Gasteiger charge is 2.42. The van der Waals surface area contributed by atoms with Crippen molar-refractivity contribution in [1.82, 2.24) is 14.8 Å². The van der Waals surface area contributed by atoms with Gasteiger partial charge in [0, 0.05) is 65.3 Å².